The van der Waals surface area contributed by atoms with Crippen molar-refractivity contribution in [3.8, 4) is 5.75 Å². The topological polar surface area (TPSA) is 66.8 Å². The van der Waals surface area contributed by atoms with E-state index in [1.165, 1.54) is 11.1 Å². The van der Waals surface area contributed by atoms with Crippen molar-refractivity contribution in [3.63, 3.8) is 0 Å². The number of hydrogen-bond acceptors (Lipinski definition) is 3. The van der Waals surface area contributed by atoms with Crippen LogP contribution in [-0.2, 0) is 28.0 Å². The molecule has 5 nitrogen and oxygen atoms in total. The van der Waals surface area contributed by atoms with E-state index in [2.05, 4.69) is 58.0 Å². The van der Waals surface area contributed by atoms with E-state index in [-0.39, 0.29) is 18.2 Å². The van der Waals surface area contributed by atoms with Crippen LogP contribution in [0.4, 0.5) is 0 Å². The molecule has 0 radical (unpaired) electrons. The first-order chi connectivity index (χ1) is 16.7. The molecule has 1 unspecified atom stereocenters. The van der Waals surface area contributed by atoms with Crippen LogP contribution in [-0.4, -0.2) is 28.4 Å². The molecule has 0 saturated carbocycles. The molecule has 1 atom stereocenters. The predicted octanol–water partition coefficient (Wildman–Crippen LogP) is 6.50. The zero-order valence-electron chi connectivity index (χ0n) is 21.5. The van der Waals surface area contributed by atoms with Gasteiger partial charge in [-0.3, -0.25) is 9.59 Å². The summed E-state index contributed by atoms with van der Waals surface area (Å²) >= 11 is 0. The van der Waals surface area contributed by atoms with Gasteiger partial charge in [0.2, 0.25) is 5.91 Å². The summed E-state index contributed by atoms with van der Waals surface area (Å²) < 4.78 is 6.35. The van der Waals surface area contributed by atoms with E-state index < -0.39 is 11.4 Å². The maximum Gasteiger partial charge on any atom is 0.303 e. The quantitative estimate of drug-likeness (QED) is 0.379. The Balaban J connectivity index is 1.92. The van der Waals surface area contributed by atoms with Crippen molar-refractivity contribution in [1.82, 2.24) is 4.90 Å². The Morgan fingerprint density at radius 2 is 1.89 bits per heavy atom. The lowest BCUT2D eigenvalue weighted by molar-refractivity contribution is -0.138. The normalized spacial score (nSPS) is 18.0. The summed E-state index contributed by atoms with van der Waals surface area (Å²) in [7, 11) is 0. The molecule has 2 aromatic rings. The van der Waals surface area contributed by atoms with Gasteiger partial charge in [-0.2, -0.15) is 0 Å². The number of benzene rings is 2. The van der Waals surface area contributed by atoms with Crippen LogP contribution >= 0.6 is 0 Å². The van der Waals surface area contributed by atoms with E-state index in [1.807, 2.05) is 24.4 Å². The van der Waals surface area contributed by atoms with Gasteiger partial charge in [-0.25, -0.2) is 0 Å². The van der Waals surface area contributed by atoms with E-state index >= 15 is 0 Å². The first-order valence-electron chi connectivity index (χ1n) is 12.8. The Bertz CT molecular complexity index is 1040. The number of allylic oxidation sites excluding steroid dienone is 1. The maximum atomic E-state index is 13.1. The van der Waals surface area contributed by atoms with Crippen molar-refractivity contribution in [1.29, 1.82) is 0 Å². The number of ether oxygens (including phenoxy) is 1. The minimum absolute atomic E-state index is 0.0316. The minimum Gasteiger partial charge on any atom is -0.489 e. The number of carboxylic acids is 1. The first kappa shape index (κ1) is 26.5. The van der Waals surface area contributed by atoms with Crippen molar-refractivity contribution >= 4 is 11.9 Å². The lowest BCUT2D eigenvalue weighted by Gasteiger charge is -2.41. The third kappa shape index (κ3) is 6.74. The Morgan fingerprint density at radius 1 is 1.14 bits per heavy atom. The number of carbonyl (C=O) groups is 2. The molecule has 0 aromatic heterocycles. The smallest absolute Gasteiger partial charge is 0.303 e. The Hall–Kier alpha value is -3.08. The number of rotatable bonds is 12. The second-order valence-electron chi connectivity index (χ2n) is 10.0. The molecule has 35 heavy (non-hydrogen) atoms. The van der Waals surface area contributed by atoms with Gasteiger partial charge in [0.15, 0.2) is 0 Å². The monoisotopic (exact) mass is 477 g/mol. The zero-order chi connectivity index (χ0) is 25.4. The number of aryl methyl sites for hydroxylation is 1. The standard InChI is InChI=1S/C30H39NO4/c1-5-6-13-24-15-16-25(18-27(24)35-21-23-11-8-7-9-12-23)30(4)19-28(32)31(17-10-14-29(33)34)20-26(30)22(2)3/h7-9,11-12,15-16,18,20,22H,5-6,10,13-14,17,19,21H2,1-4H3,(H,33,34). The van der Waals surface area contributed by atoms with Gasteiger partial charge in [0.1, 0.15) is 12.4 Å². The largest absolute Gasteiger partial charge is 0.489 e. The Labute approximate surface area is 209 Å². The van der Waals surface area contributed by atoms with Crippen LogP contribution in [0.2, 0.25) is 0 Å². The van der Waals surface area contributed by atoms with Crippen LogP contribution in [0.1, 0.15) is 76.5 Å². The average molecular weight is 478 g/mol. The van der Waals surface area contributed by atoms with Gasteiger partial charge in [0.05, 0.1) is 0 Å². The fraction of sp³-hybridized carbons (Fsp3) is 0.467. The van der Waals surface area contributed by atoms with Crippen molar-refractivity contribution < 1.29 is 19.4 Å². The van der Waals surface area contributed by atoms with Crippen LogP contribution in [0.5, 0.6) is 5.75 Å². The summed E-state index contributed by atoms with van der Waals surface area (Å²) in [6.45, 7) is 9.57. The van der Waals surface area contributed by atoms with E-state index in [0.29, 0.717) is 26.0 Å². The van der Waals surface area contributed by atoms with Gasteiger partial charge in [-0.05, 0) is 53.5 Å². The molecular formula is C30H39NO4. The van der Waals surface area contributed by atoms with Crippen molar-refractivity contribution in [2.24, 2.45) is 5.92 Å². The number of hydrogen-bond donors (Lipinski definition) is 1. The third-order valence-electron chi connectivity index (χ3n) is 6.91. The summed E-state index contributed by atoms with van der Waals surface area (Å²) in [4.78, 5) is 25.8. The van der Waals surface area contributed by atoms with Crippen LogP contribution in [0.3, 0.4) is 0 Å². The molecule has 1 N–H and O–H groups in total. The summed E-state index contributed by atoms with van der Waals surface area (Å²) in [6.07, 6.45) is 6.00. The van der Waals surface area contributed by atoms with Gasteiger partial charge in [-0.1, -0.05) is 76.6 Å². The number of nitrogens with zero attached hydrogens (tertiary/aromatic N) is 1. The van der Waals surface area contributed by atoms with Gasteiger partial charge in [0.25, 0.3) is 0 Å². The molecule has 1 aliphatic heterocycles. The predicted molar refractivity (Wildman–Crippen MR) is 139 cm³/mol. The van der Waals surface area contributed by atoms with Crippen molar-refractivity contribution in [2.75, 3.05) is 6.54 Å². The van der Waals surface area contributed by atoms with Gasteiger partial charge >= 0.3 is 5.97 Å². The third-order valence-corrected chi connectivity index (χ3v) is 6.91. The van der Waals surface area contributed by atoms with Crippen molar-refractivity contribution in [3.05, 3.63) is 77.0 Å². The summed E-state index contributed by atoms with van der Waals surface area (Å²) in [5, 5.41) is 8.97. The number of amides is 1. The van der Waals surface area contributed by atoms with E-state index in [1.54, 1.807) is 4.90 Å². The van der Waals surface area contributed by atoms with Crippen LogP contribution in [0.15, 0.2) is 60.3 Å². The molecule has 1 aliphatic rings. The summed E-state index contributed by atoms with van der Waals surface area (Å²) in [5.41, 5.74) is 4.14. The highest BCUT2D eigenvalue weighted by Crippen LogP contribution is 2.44. The number of carboxylic acid groups (broad SMARTS) is 1. The van der Waals surface area contributed by atoms with E-state index in [0.717, 1.165) is 36.1 Å². The Morgan fingerprint density at radius 3 is 2.54 bits per heavy atom. The second-order valence-corrected chi connectivity index (χ2v) is 10.0. The molecule has 0 spiro atoms. The number of unbranched alkanes of at least 4 members (excludes halogenated alkanes) is 1. The second kappa shape index (κ2) is 12.1. The highest BCUT2D eigenvalue weighted by atomic mass is 16.5. The Kier molecular flexibility index (Phi) is 9.13. The lowest BCUT2D eigenvalue weighted by atomic mass is 9.68. The summed E-state index contributed by atoms with van der Waals surface area (Å²) in [5.74, 6) is 0.326. The van der Waals surface area contributed by atoms with Crippen molar-refractivity contribution in [2.45, 2.75) is 78.2 Å². The summed E-state index contributed by atoms with van der Waals surface area (Å²) in [6, 6.07) is 16.6. The molecule has 1 heterocycles. The molecule has 188 valence electrons. The van der Waals surface area contributed by atoms with Crippen LogP contribution in [0, 0.1) is 5.92 Å². The van der Waals surface area contributed by atoms with Crippen LogP contribution < -0.4 is 4.74 Å². The highest BCUT2D eigenvalue weighted by Gasteiger charge is 2.40. The zero-order valence-corrected chi connectivity index (χ0v) is 21.5. The highest BCUT2D eigenvalue weighted by molar-refractivity contribution is 5.81. The maximum absolute atomic E-state index is 13.1. The first-order valence-corrected chi connectivity index (χ1v) is 12.8. The molecule has 2 aromatic carbocycles. The van der Waals surface area contributed by atoms with Gasteiger partial charge in [0, 0.05) is 31.0 Å². The SMILES string of the molecule is CCCCc1ccc(C2(C)CC(=O)N(CCCC(=O)O)C=C2C(C)C)cc1OCc1ccccc1. The molecule has 5 heteroatoms. The van der Waals surface area contributed by atoms with Gasteiger partial charge < -0.3 is 14.7 Å². The molecule has 1 amide bonds. The molecular weight excluding hydrogens is 438 g/mol. The van der Waals surface area contributed by atoms with E-state index in [9.17, 15) is 9.59 Å². The molecule has 0 fully saturated rings. The molecule has 0 aliphatic carbocycles. The number of aliphatic carboxylic acids is 1. The fourth-order valence-corrected chi connectivity index (χ4v) is 4.87. The van der Waals surface area contributed by atoms with Gasteiger partial charge in [-0.15, -0.1) is 0 Å². The average Bonchev–Trinajstić information content (AvgIpc) is 2.83. The molecule has 0 bridgehead atoms. The lowest BCUT2D eigenvalue weighted by Crippen LogP contribution is -2.42. The molecule has 3 rings (SSSR count). The molecule has 0 saturated heterocycles. The minimum atomic E-state index is -0.835. The number of carbonyl (C=O) groups excluding carboxylic acids is 1. The van der Waals surface area contributed by atoms with Crippen LogP contribution in [0.25, 0.3) is 0 Å². The van der Waals surface area contributed by atoms with E-state index in [4.69, 9.17) is 9.84 Å². The fourth-order valence-electron chi connectivity index (χ4n) is 4.87.